The molecule has 5 heteroatoms. The fourth-order valence-corrected chi connectivity index (χ4v) is 2.54. The second-order valence-electron chi connectivity index (χ2n) is 4.09. The van der Waals surface area contributed by atoms with Gasteiger partial charge in [-0.2, -0.15) is 5.26 Å². The zero-order valence-corrected chi connectivity index (χ0v) is 11.3. The van der Waals surface area contributed by atoms with Gasteiger partial charge in [0.1, 0.15) is 0 Å². The first-order chi connectivity index (χ1) is 9.19. The van der Waals surface area contributed by atoms with E-state index in [1.807, 2.05) is 34.9 Å². The van der Waals surface area contributed by atoms with E-state index in [0.717, 1.165) is 16.7 Å². The first-order valence-corrected chi connectivity index (χ1v) is 6.38. The van der Waals surface area contributed by atoms with Crippen LogP contribution in [0.25, 0.3) is 16.7 Å². The summed E-state index contributed by atoms with van der Waals surface area (Å²) in [6.07, 6.45) is 0. The Kier molecular flexibility index (Phi) is 2.86. The van der Waals surface area contributed by atoms with Crippen molar-refractivity contribution >= 4 is 34.9 Å². The van der Waals surface area contributed by atoms with Gasteiger partial charge in [-0.3, -0.25) is 4.57 Å². The number of aromatic nitrogens is 2. The van der Waals surface area contributed by atoms with E-state index in [2.05, 4.69) is 11.1 Å². The van der Waals surface area contributed by atoms with Gasteiger partial charge in [0, 0.05) is 10.7 Å². The summed E-state index contributed by atoms with van der Waals surface area (Å²) in [5.41, 5.74) is 3.27. The van der Waals surface area contributed by atoms with E-state index >= 15 is 0 Å². The van der Waals surface area contributed by atoms with Crippen LogP contribution in [0.15, 0.2) is 42.5 Å². The molecule has 1 aromatic heterocycles. The van der Waals surface area contributed by atoms with Gasteiger partial charge in [0.2, 0.25) is 0 Å². The fraction of sp³-hybridized carbons (Fsp3) is 0. The topological polar surface area (TPSA) is 44.5 Å². The zero-order valence-electron chi connectivity index (χ0n) is 9.72. The molecule has 0 aliphatic rings. The quantitative estimate of drug-likeness (QED) is 0.681. The molecule has 0 aliphatic carbocycles. The minimum atomic E-state index is 0.576. The Labute approximate surface area is 119 Å². The van der Waals surface area contributed by atoms with Gasteiger partial charge in [0.25, 0.3) is 0 Å². The predicted octanol–water partition coefficient (Wildman–Crippen LogP) is 4.21. The van der Waals surface area contributed by atoms with Crippen molar-refractivity contribution in [2.24, 2.45) is 0 Å². The highest BCUT2D eigenvalue weighted by atomic mass is 35.5. The summed E-state index contributed by atoms with van der Waals surface area (Å²) in [4.78, 5) is 3.11. The number of nitrogens with zero attached hydrogens (tertiary/aromatic N) is 2. The van der Waals surface area contributed by atoms with E-state index in [1.54, 1.807) is 12.1 Å². The van der Waals surface area contributed by atoms with Crippen LogP contribution in [0.1, 0.15) is 5.56 Å². The van der Waals surface area contributed by atoms with Crippen LogP contribution in [-0.4, -0.2) is 9.55 Å². The molecule has 2 aromatic carbocycles. The number of hydrogen-bond donors (Lipinski definition) is 1. The van der Waals surface area contributed by atoms with Crippen molar-refractivity contribution in [2.45, 2.75) is 0 Å². The second-order valence-corrected chi connectivity index (χ2v) is 4.91. The van der Waals surface area contributed by atoms with Crippen LogP contribution in [0, 0.1) is 16.1 Å². The first kappa shape index (κ1) is 12.0. The Bertz CT molecular complexity index is 870. The molecule has 3 rings (SSSR count). The van der Waals surface area contributed by atoms with E-state index in [9.17, 15) is 0 Å². The standard InChI is InChI=1S/C14H8ClN3S/c15-10-4-5-13-12(7-10)17-14(19)18(13)11-3-1-2-9(6-11)8-16/h1-7H,(H,17,19). The molecule has 0 saturated carbocycles. The lowest BCUT2D eigenvalue weighted by atomic mass is 10.2. The minimum absolute atomic E-state index is 0.576. The molecule has 0 atom stereocenters. The minimum Gasteiger partial charge on any atom is -0.330 e. The van der Waals surface area contributed by atoms with E-state index < -0.39 is 0 Å². The Morgan fingerprint density at radius 1 is 1.21 bits per heavy atom. The highest BCUT2D eigenvalue weighted by Gasteiger charge is 2.07. The maximum Gasteiger partial charge on any atom is 0.182 e. The van der Waals surface area contributed by atoms with Gasteiger partial charge in [-0.15, -0.1) is 0 Å². The van der Waals surface area contributed by atoms with E-state index in [0.29, 0.717) is 15.4 Å². The Balaban J connectivity index is 2.33. The normalized spacial score (nSPS) is 10.5. The lowest BCUT2D eigenvalue weighted by Gasteiger charge is -2.04. The summed E-state index contributed by atoms with van der Waals surface area (Å²) in [6, 6.07) is 15.0. The number of nitrogens with one attached hydrogen (secondary N) is 1. The van der Waals surface area contributed by atoms with Gasteiger partial charge >= 0.3 is 0 Å². The molecule has 0 bridgehead atoms. The molecule has 3 nitrogen and oxygen atoms in total. The summed E-state index contributed by atoms with van der Waals surface area (Å²) in [5, 5.41) is 9.62. The van der Waals surface area contributed by atoms with Gasteiger partial charge in [0.05, 0.1) is 22.7 Å². The third-order valence-corrected chi connectivity index (χ3v) is 3.40. The van der Waals surface area contributed by atoms with Crippen molar-refractivity contribution in [3.63, 3.8) is 0 Å². The monoisotopic (exact) mass is 285 g/mol. The molecule has 3 aromatic rings. The van der Waals surface area contributed by atoms with Gasteiger partial charge < -0.3 is 4.98 Å². The number of fused-ring (bicyclic) bond motifs is 1. The SMILES string of the molecule is N#Cc1cccc(-n2c(=S)[nH]c3cc(Cl)ccc32)c1. The maximum absolute atomic E-state index is 8.97. The molecule has 0 radical (unpaired) electrons. The predicted molar refractivity (Wildman–Crippen MR) is 78.2 cm³/mol. The maximum atomic E-state index is 8.97. The number of aromatic amines is 1. The van der Waals surface area contributed by atoms with Crippen molar-refractivity contribution < 1.29 is 0 Å². The van der Waals surface area contributed by atoms with E-state index in [1.165, 1.54) is 0 Å². The highest BCUT2D eigenvalue weighted by Crippen LogP contribution is 2.23. The van der Waals surface area contributed by atoms with Gasteiger partial charge in [0.15, 0.2) is 4.77 Å². The number of H-pyrrole nitrogens is 1. The van der Waals surface area contributed by atoms with Crippen molar-refractivity contribution in [3.05, 3.63) is 57.8 Å². The van der Waals surface area contributed by atoms with Crippen LogP contribution >= 0.6 is 23.8 Å². The van der Waals surface area contributed by atoms with E-state index in [-0.39, 0.29) is 0 Å². The summed E-state index contributed by atoms with van der Waals surface area (Å²) in [6.45, 7) is 0. The molecule has 0 amide bonds. The molecule has 19 heavy (non-hydrogen) atoms. The van der Waals surface area contributed by atoms with Crippen LogP contribution in [0.3, 0.4) is 0 Å². The summed E-state index contributed by atoms with van der Waals surface area (Å²) in [7, 11) is 0. The number of halogens is 1. The van der Waals surface area contributed by atoms with Crippen molar-refractivity contribution in [1.82, 2.24) is 9.55 Å². The highest BCUT2D eigenvalue weighted by molar-refractivity contribution is 7.71. The number of benzene rings is 2. The van der Waals surface area contributed by atoms with Crippen LogP contribution in [-0.2, 0) is 0 Å². The second kappa shape index (κ2) is 4.54. The largest absolute Gasteiger partial charge is 0.330 e. The molecule has 0 unspecified atom stereocenters. The lowest BCUT2D eigenvalue weighted by Crippen LogP contribution is -1.94. The third kappa shape index (κ3) is 2.03. The van der Waals surface area contributed by atoms with Crippen LogP contribution < -0.4 is 0 Å². The third-order valence-electron chi connectivity index (χ3n) is 2.88. The van der Waals surface area contributed by atoms with Crippen LogP contribution in [0.2, 0.25) is 5.02 Å². The zero-order chi connectivity index (χ0) is 13.4. The Morgan fingerprint density at radius 3 is 2.84 bits per heavy atom. The van der Waals surface area contributed by atoms with E-state index in [4.69, 9.17) is 29.1 Å². The summed E-state index contributed by atoms with van der Waals surface area (Å²) < 4.78 is 2.47. The smallest absolute Gasteiger partial charge is 0.182 e. The molecule has 0 spiro atoms. The summed E-state index contributed by atoms with van der Waals surface area (Å²) in [5.74, 6) is 0. The molecule has 92 valence electrons. The average molecular weight is 286 g/mol. The van der Waals surface area contributed by atoms with Crippen molar-refractivity contribution in [3.8, 4) is 11.8 Å². The Hall–Kier alpha value is -2.09. The summed E-state index contributed by atoms with van der Waals surface area (Å²) >= 11 is 11.3. The Morgan fingerprint density at radius 2 is 2.05 bits per heavy atom. The van der Waals surface area contributed by atoms with Gasteiger partial charge in [-0.1, -0.05) is 17.7 Å². The fourth-order valence-electron chi connectivity index (χ4n) is 2.05. The molecular weight excluding hydrogens is 278 g/mol. The van der Waals surface area contributed by atoms with Crippen LogP contribution in [0.4, 0.5) is 0 Å². The molecule has 1 N–H and O–H groups in total. The van der Waals surface area contributed by atoms with Gasteiger partial charge in [-0.05, 0) is 48.6 Å². The molecule has 0 saturated heterocycles. The van der Waals surface area contributed by atoms with Gasteiger partial charge in [-0.25, -0.2) is 0 Å². The number of nitriles is 1. The molecular formula is C14H8ClN3S. The number of imidazole rings is 1. The van der Waals surface area contributed by atoms with Crippen LogP contribution in [0.5, 0.6) is 0 Å². The average Bonchev–Trinajstić information content (AvgIpc) is 2.73. The van der Waals surface area contributed by atoms with Crippen molar-refractivity contribution in [2.75, 3.05) is 0 Å². The first-order valence-electron chi connectivity index (χ1n) is 5.60. The molecule has 0 aliphatic heterocycles. The lowest BCUT2D eigenvalue weighted by molar-refractivity contribution is 1.06. The number of hydrogen-bond acceptors (Lipinski definition) is 2. The molecule has 1 heterocycles. The molecule has 0 fully saturated rings. The number of rotatable bonds is 1. The van der Waals surface area contributed by atoms with Crippen molar-refractivity contribution in [1.29, 1.82) is 5.26 Å².